The van der Waals surface area contributed by atoms with Gasteiger partial charge in [0.2, 0.25) is 11.8 Å². The van der Waals surface area contributed by atoms with Crippen LogP contribution in [0.5, 0.6) is 0 Å². The molecule has 14 heavy (non-hydrogen) atoms. The molecule has 0 radical (unpaired) electrons. The molecule has 0 saturated heterocycles. The van der Waals surface area contributed by atoms with Gasteiger partial charge in [-0.15, -0.1) is 0 Å². The minimum absolute atomic E-state index is 0.0686. The van der Waals surface area contributed by atoms with E-state index in [2.05, 4.69) is 0 Å². The van der Waals surface area contributed by atoms with Crippen molar-refractivity contribution >= 4 is 11.8 Å². The highest BCUT2D eigenvalue weighted by molar-refractivity contribution is 5.81. The van der Waals surface area contributed by atoms with Crippen LogP contribution in [-0.4, -0.2) is 35.3 Å². The summed E-state index contributed by atoms with van der Waals surface area (Å²) in [6.07, 6.45) is 0.584. The van der Waals surface area contributed by atoms with E-state index < -0.39 is 17.9 Å². The van der Waals surface area contributed by atoms with Crippen molar-refractivity contribution in [1.82, 2.24) is 4.90 Å². The highest BCUT2D eigenvalue weighted by atomic mass is 16.2. The van der Waals surface area contributed by atoms with E-state index in [1.54, 1.807) is 4.90 Å². The molecule has 5 heteroatoms. The van der Waals surface area contributed by atoms with Gasteiger partial charge in [-0.3, -0.25) is 14.5 Å². The first kappa shape index (κ1) is 12.9. The van der Waals surface area contributed by atoms with E-state index in [9.17, 15) is 9.59 Å². The van der Waals surface area contributed by atoms with E-state index in [4.69, 9.17) is 11.5 Å². The molecular formula is C9H19N3O2. The van der Waals surface area contributed by atoms with Gasteiger partial charge in [0.05, 0.1) is 12.6 Å². The van der Waals surface area contributed by atoms with Crippen LogP contribution in [0.2, 0.25) is 0 Å². The Kier molecular flexibility index (Phi) is 5.15. The van der Waals surface area contributed by atoms with Crippen molar-refractivity contribution in [2.45, 2.75) is 39.3 Å². The molecule has 0 bridgehead atoms. The Bertz CT molecular complexity index is 216. The fourth-order valence-electron chi connectivity index (χ4n) is 1.43. The summed E-state index contributed by atoms with van der Waals surface area (Å²) in [4.78, 5) is 23.6. The SMILES string of the molecule is CCC(C(N)=O)N(CC(N)=O)C(C)C. The lowest BCUT2D eigenvalue weighted by molar-refractivity contribution is -0.126. The fourth-order valence-corrected chi connectivity index (χ4v) is 1.43. The smallest absolute Gasteiger partial charge is 0.234 e. The van der Waals surface area contributed by atoms with Gasteiger partial charge in [0.1, 0.15) is 0 Å². The summed E-state index contributed by atoms with van der Waals surface area (Å²) >= 11 is 0. The normalized spacial score (nSPS) is 13.2. The Morgan fingerprint density at radius 1 is 1.29 bits per heavy atom. The van der Waals surface area contributed by atoms with Gasteiger partial charge in [0.15, 0.2) is 0 Å². The predicted molar refractivity (Wildman–Crippen MR) is 54.3 cm³/mol. The first-order valence-corrected chi connectivity index (χ1v) is 4.73. The average molecular weight is 201 g/mol. The number of hydrogen-bond donors (Lipinski definition) is 2. The Labute approximate surface area is 84.4 Å². The molecule has 0 aliphatic heterocycles. The minimum Gasteiger partial charge on any atom is -0.369 e. The Hall–Kier alpha value is -1.10. The number of carbonyl (C=O) groups is 2. The molecule has 1 atom stereocenters. The third-order valence-corrected chi connectivity index (χ3v) is 2.12. The molecule has 82 valence electrons. The monoisotopic (exact) mass is 201 g/mol. The number of nitrogens with zero attached hydrogens (tertiary/aromatic N) is 1. The van der Waals surface area contributed by atoms with E-state index in [1.165, 1.54) is 0 Å². The van der Waals surface area contributed by atoms with Gasteiger partial charge < -0.3 is 11.5 Å². The van der Waals surface area contributed by atoms with Gasteiger partial charge in [0.25, 0.3) is 0 Å². The molecule has 1 unspecified atom stereocenters. The third-order valence-electron chi connectivity index (χ3n) is 2.12. The zero-order chi connectivity index (χ0) is 11.3. The molecular weight excluding hydrogens is 182 g/mol. The number of primary amides is 2. The minimum atomic E-state index is -0.446. The molecule has 0 spiro atoms. The van der Waals surface area contributed by atoms with Crippen LogP contribution in [0.1, 0.15) is 27.2 Å². The van der Waals surface area contributed by atoms with Crippen LogP contribution in [0.25, 0.3) is 0 Å². The topological polar surface area (TPSA) is 89.4 Å². The lowest BCUT2D eigenvalue weighted by Gasteiger charge is -2.31. The van der Waals surface area contributed by atoms with Crippen LogP contribution < -0.4 is 11.5 Å². The summed E-state index contributed by atoms with van der Waals surface area (Å²) in [5.74, 6) is -0.860. The largest absolute Gasteiger partial charge is 0.369 e. The van der Waals surface area contributed by atoms with E-state index in [0.29, 0.717) is 6.42 Å². The zero-order valence-electron chi connectivity index (χ0n) is 8.99. The summed E-state index contributed by atoms with van der Waals surface area (Å²) < 4.78 is 0. The summed E-state index contributed by atoms with van der Waals surface area (Å²) in [5.41, 5.74) is 10.3. The molecule has 4 N–H and O–H groups in total. The van der Waals surface area contributed by atoms with Gasteiger partial charge in [-0.05, 0) is 20.3 Å². The van der Waals surface area contributed by atoms with E-state index >= 15 is 0 Å². The summed E-state index contributed by atoms with van der Waals surface area (Å²) in [7, 11) is 0. The molecule has 0 aromatic carbocycles. The van der Waals surface area contributed by atoms with Crippen LogP contribution in [0.4, 0.5) is 0 Å². The summed E-state index contributed by atoms with van der Waals surface area (Å²) in [6, 6.07) is -0.345. The lowest BCUT2D eigenvalue weighted by Crippen LogP contribution is -2.50. The van der Waals surface area contributed by atoms with Crippen molar-refractivity contribution in [3.05, 3.63) is 0 Å². The van der Waals surface area contributed by atoms with Gasteiger partial charge in [-0.1, -0.05) is 6.92 Å². The zero-order valence-corrected chi connectivity index (χ0v) is 8.99. The number of hydrogen-bond acceptors (Lipinski definition) is 3. The van der Waals surface area contributed by atoms with Crippen LogP contribution in [0, 0.1) is 0 Å². The molecule has 0 aliphatic carbocycles. The van der Waals surface area contributed by atoms with Gasteiger partial charge >= 0.3 is 0 Å². The first-order valence-electron chi connectivity index (χ1n) is 4.73. The summed E-state index contributed by atoms with van der Waals surface area (Å²) in [6.45, 7) is 5.72. The highest BCUT2D eigenvalue weighted by Gasteiger charge is 2.25. The van der Waals surface area contributed by atoms with E-state index in [-0.39, 0.29) is 12.6 Å². The van der Waals surface area contributed by atoms with Crippen LogP contribution in [0.3, 0.4) is 0 Å². The second-order valence-corrected chi connectivity index (χ2v) is 3.56. The maximum absolute atomic E-state index is 11.1. The molecule has 0 aromatic rings. The fraction of sp³-hybridized carbons (Fsp3) is 0.778. The van der Waals surface area contributed by atoms with E-state index in [1.807, 2.05) is 20.8 Å². The van der Waals surface area contributed by atoms with Gasteiger partial charge in [-0.2, -0.15) is 0 Å². The summed E-state index contributed by atoms with van der Waals surface area (Å²) in [5, 5.41) is 0. The molecule has 0 saturated carbocycles. The Morgan fingerprint density at radius 2 is 1.79 bits per heavy atom. The molecule has 0 fully saturated rings. The number of amides is 2. The van der Waals surface area contributed by atoms with Gasteiger partial charge in [0, 0.05) is 6.04 Å². The van der Waals surface area contributed by atoms with Crippen molar-refractivity contribution in [2.24, 2.45) is 11.5 Å². The van der Waals surface area contributed by atoms with Gasteiger partial charge in [-0.25, -0.2) is 0 Å². The maximum Gasteiger partial charge on any atom is 0.234 e. The lowest BCUT2D eigenvalue weighted by atomic mass is 10.1. The number of nitrogens with two attached hydrogens (primary N) is 2. The van der Waals surface area contributed by atoms with Crippen molar-refractivity contribution in [3.63, 3.8) is 0 Å². The number of carbonyl (C=O) groups excluding carboxylic acids is 2. The van der Waals surface area contributed by atoms with Crippen molar-refractivity contribution in [1.29, 1.82) is 0 Å². The molecule has 2 amide bonds. The maximum atomic E-state index is 11.1. The quantitative estimate of drug-likeness (QED) is 0.604. The molecule has 0 heterocycles. The standard InChI is InChI=1S/C9H19N3O2/c1-4-7(9(11)14)12(6(2)3)5-8(10)13/h6-7H,4-5H2,1-3H3,(H2,10,13)(H2,11,14). The molecule has 5 nitrogen and oxygen atoms in total. The average Bonchev–Trinajstić information content (AvgIpc) is 2.02. The van der Waals surface area contributed by atoms with Crippen LogP contribution in [-0.2, 0) is 9.59 Å². The molecule has 0 rings (SSSR count). The van der Waals surface area contributed by atoms with Crippen LogP contribution >= 0.6 is 0 Å². The van der Waals surface area contributed by atoms with Crippen molar-refractivity contribution in [2.75, 3.05) is 6.54 Å². The molecule has 0 aromatic heterocycles. The number of rotatable bonds is 6. The second-order valence-electron chi connectivity index (χ2n) is 3.56. The van der Waals surface area contributed by atoms with Crippen LogP contribution in [0.15, 0.2) is 0 Å². The first-order chi connectivity index (χ1) is 6.40. The Balaban J connectivity index is 4.60. The van der Waals surface area contributed by atoms with Crippen molar-refractivity contribution < 1.29 is 9.59 Å². The third kappa shape index (κ3) is 3.74. The highest BCUT2D eigenvalue weighted by Crippen LogP contribution is 2.08. The molecule has 0 aliphatic rings. The van der Waals surface area contributed by atoms with Crippen molar-refractivity contribution in [3.8, 4) is 0 Å². The Morgan fingerprint density at radius 3 is 2.00 bits per heavy atom. The second kappa shape index (κ2) is 5.59. The predicted octanol–water partition coefficient (Wildman–Crippen LogP) is -0.554. The van der Waals surface area contributed by atoms with E-state index in [0.717, 1.165) is 0 Å².